The first-order valence-corrected chi connectivity index (χ1v) is 5.00. The maximum atomic E-state index is 9.96. The van der Waals surface area contributed by atoms with Crippen molar-refractivity contribution in [3.63, 3.8) is 0 Å². The molecule has 0 bridgehead atoms. The van der Waals surface area contributed by atoms with Gasteiger partial charge in [-0.1, -0.05) is 32.8 Å². The molecule has 2 heteroatoms. The van der Waals surface area contributed by atoms with Crippen LogP contribution in [-0.2, 0) is 4.79 Å². The Bertz CT molecular complexity index is 152. The summed E-state index contributed by atoms with van der Waals surface area (Å²) in [4.78, 5) is 9.96. The average molecular weight is 184 g/mol. The molecule has 13 heavy (non-hydrogen) atoms. The summed E-state index contributed by atoms with van der Waals surface area (Å²) in [5.74, 6) is 0.330. The van der Waals surface area contributed by atoms with Gasteiger partial charge in [0.05, 0.1) is 6.10 Å². The van der Waals surface area contributed by atoms with Crippen molar-refractivity contribution in [1.82, 2.24) is 0 Å². The van der Waals surface area contributed by atoms with E-state index in [-0.39, 0.29) is 6.10 Å². The lowest BCUT2D eigenvalue weighted by Crippen LogP contribution is -2.16. The highest BCUT2D eigenvalue weighted by atomic mass is 16.3. The minimum Gasteiger partial charge on any atom is -0.393 e. The maximum absolute atomic E-state index is 9.96. The Labute approximate surface area is 80.7 Å². The van der Waals surface area contributed by atoms with E-state index < -0.39 is 0 Å². The molecule has 0 aromatic heterocycles. The van der Waals surface area contributed by atoms with E-state index in [0.29, 0.717) is 12.3 Å². The van der Waals surface area contributed by atoms with Gasteiger partial charge in [-0.2, -0.15) is 0 Å². The summed E-state index contributed by atoms with van der Waals surface area (Å²) in [6, 6.07) is 0. The van der Waals surface area contributed by atoms with Gasteiger partial charge in [0, 0.05) is 0 Å². The number of hydrogen-bond acceptors (Lipinski definition) is 2. The van der Waals surface area contributed by atoms with Crippen molar-refractivity contribution in [2.24, 2.45) is 5.92 Å². The fourth-order valence-corrected chi connectivity index (χ4v) is 1.22. The lowest BCUT2D eigenvalue weighted by molar-refractivity contribution is -0.104. The summed E-state index contributed by atoms with van der Waals surface area (Å²) in [5, 5.41) is 9.60. The number of aliphatic hydroxyl groups excluding tert-OH is 1. The highest BCUT2D eigenvalue weighted by Crippen LogP contribution is 2.14. The molecule has 0 heterocycles. The fourth-order valence-electron chi connectivity index (χ4n) is 1.22. The second-order valence-corrected chi connectivity index (χ2v) is 3.49. The Balaban J connectivity index is 3.61. The Morgan fingerprint density at radius 1 is 1.46 bits per heavy atom. The van der Waals surface area contributed by atoms with Gasteiger partial charge in [0.25, 0.3) is 0 Å². The third-order valence-electron chi connectivity index (χ3n) is 2.26. The molecule has 0 saturated carbocycles. The summed E-state index contributed by atoms with van der Waals surface area (Å²) >= 11 is 0. The zero-order chi connectivity index (χ0) is 10.1. The topological polar surface area (TPSA) is 37.3 Å². The molecule has 0 aromatic carbocycles. The fraction of sp³-hybridized carbons (Fsp3) is 0.727. The average Bonchev–Trinajstić information content (AvgIpc) is 2.14. The highest BCUT2D eigenvalue weighted by molar-refractivity contribution is 5.64. The van der Waals surface area contributed by atoms with Gasteiger partial charge in [-0.25, -0.2) is 0 Å². The minimum atomic E-state index is -0.303. The van der Waals surface area contributed by atoms with Crippen molar-refractivity contribution in [2.45, 2.75) is 45.6 Å². The van der Waals surface area contributed by atoms with E-state index in [0.717, 1.165) is 19.1 Å². The number of carbonyl (C=O) groups excluding carboxylic acids is 1. The number of rotatable bonds is 7. The number of unbranched alkanes of at least 4 members (excludes halogenated alkanes) is 1. The van der Waals surface area contributed by atoms with E-state index in [2.05, 4.69) is 13.8 Å². The molecule has 1 N–H and O–H groups in total. The van der Waals surface area contributed by atoms with Crippen molar-refractivity contribution < 1.29 is 9.90 Å². The number of allylic oxidation sites excluding steroid dienone is 1. The van der Waals surface area contributed by atoms with Gasteiger partial charge >= 0.3 is 0 Å². The molecule has 0 saturated heterocycles. The Morgan fingerprint density at radius 2 is 2.15 bits per heavy atom. The quantitative estimate of drug-likeness (QED) is 0.487. The lowest BCUT2D eigenvalue weighted by atomic mass is 9.96. The van der Waals surface area contributed by atoms with Gasteiger partial charge in [-0.15, -0.1) is 0 Å². The summed E-state index contributed by atoms with van der Waals surface area (Å²) in [6.45, 7) is 4.19. The Hall–Kier alpha value is -0.630. The molecule has 0 amide bonds. The minimum absolute atomic E-state index is 0.303. The SMILES string of the molecule is CCCCC(C)C(O)C/C=C/C=O. The Morgan fingerprint density at radius 3 is 2.69 bits per heavy atom. The number of carbonyl (C=O) groups is 1. The molecule has 0 aliphatic rings. The van der Waals surface area contributed by atoms with Gasteiger partial charge in [0.2, 0.25) is 0 Å². The number of aliphatic hydroxyl groups is 1. The molecular weight excluding hydrogens is 164 g/mol. The van der Waals surface area contributed by atoms with Crippen molar-refractivity contribution >= 4 is 6.29 Å². The van der Waals surface area contributed by atoms with Crippen molar-refractivity contribution in [2.75, 3.05) is 0 Å². The first kappa shape index (κ1) is 12.4. The van der Waals surface area contributed by atoms with Crippen molar-refractivity contribution in [1.29, 1.82) is 0 Å². The van der Waals surface area contributed by atoms with E-state index >= 15 is 0 Å². The van der Waals surface area contributed by atoms with Crippen LogP contribution in [0.5, 0.6) is 0 Å². The van der Waals surface area contributed by atoms with Crippen LogP contribution in [0.4, 0.5) is 0 Å². The smallest absolute Gasteiger partial charge is 0.142 e. The highest BCUT2D eigenvalue weighted by Gasteiger charge is 2.11. The standard InChI is InChI=1S/C11H20O2/c1-3-4-7-10(2)11(13)8-5-6-9-12/h5-6,9-11,13H,3-4,7-8H2,1-2H3/b6-5+. The molecule has 0 rings (SSSR count). The largest absolute Gasteiger partial charge is 0.393 e. The van der Waals surface area contributed by atoms with Gasteiger partial charge in [-0.3, -0.25) is 4.79 Å². The van der Waals surface area contributed by atoms with Crippen LogP contribution in [0.1, 0.15) is 39.5 Å². The lowest BCUT2D eigenvalue weighted by Gasteiger charge is -2.16. The van der Waals surface area contributed by atoms with Crippen LogP contribution in [0.25, 0.3) is 0 Å². The van der Waals surface area contributed by atoms with Crippen molar-refractivity contribution in [3.8, 4) is 0 Å². The van der Waals surface area contributed by atoms with E-state index in [1.807, 2.05) is 0 Å². The van der Waals surface area contributed by atoms with E-state index in [1.54, 1.807) is 6.08 Å². The predicted octanol–water partition coefficient (Wildman–Crippen LogP) is 2.32. The molecule has 0 radical (unpaired) electrons. The molecular formula is C11H20O2. The molecule has 2 nitrogen and oxygen atoms in total. The van der Waals surface area contributed by atoms with Crippen LogP contribution in [0.2, 0.25) is 0 Å². The summed E-state index contributed by atoms with van der Waals surface area (Å²) in [6.07, 6.45) is 7.58. The normalized spacial score (nSPS) is 15.9. The summed E-state index contributed by atoms with van der Waals surface area (Å²) < 4.78 is 0. The summed E-state index contributed by atoms with van der Waals surface area (Å²) in [7, 11) is 0. The van der Waals surface area contributed by atoms with Gasteiger partial charge in [0.1, 0.15) is 6.29 Å². The van der Waals surface area contributed by atoms with Crippen LogP contribution in [0, 0.1) is 5.92 Å². The van der Waals surface area contributed by atoms with Crippen LogP contribution >= 0.6 is 0 Å². The van der Waals surface area contributed by atoms with Crippen LogP contribution in [0.3, 0.4) is 0 Å². The number of hydrogen-bond donors (Lipinski definition) is 1. The first-order chi connectivity index (χ1) is 6.22. The zero-order valence-electron chi connectivity index (χ0n) is 8.57. The molecule has 76 valence electrons. The Kier molecular flexibility index (Phi) is 7.60. The van der Waals surface area contributed by atoms with Crippen LogP contribution in [-0.4, -0.2) is 17.5 Å². The second-order valence-electron chi connectivity index (χ2n) is 3.49. The molecule has 2 atom stereocenters. The number of aldehydes is 1. The molecule has 0 aliphatic heterocycles. The molecule has 0 aliphatic carbocycles. The van der Waals surface area contributed by atoms with E-state index in [9.17, 15) is 9.90 Å². The molecule has 0 aromatic rings. The third-order valence-corrected chi connectivity index (χ3v) is 2.26. The summed E-state index contributed by atoms with van der Waals surface area (Å²) in [5.41, 5.74) is 0. The zero-order valence-corrected chi connectivity index (χ0v) is 8.57. The van der Waals surface area contributed by atoms with Gasteiger partial charge in [0.15, 0.2) is 0 Å². The third kappa shape index (κ3) is 6.52. The predicted molar refractivity (Wildman–Crippen MR) is 54.5 cm³/mol. The molecule has 2 unspecified atom stereocenters. The van der Waals surface area contributed by atoms with Crippen LogP contribution < -0.4 is 0 Å². The molecule has 0 fully saturated rings. The maximum Gasteiger partial charge on any atom is 0.142 e. The van der Waals surface area contributed by atoms with Gasteiger partial charge < -0.3 is 5.11 Å². The van der Waals surface area contributed by atoms with Crippen molar-refractivity contribution in [3.05, 3.63) is 12.2 Å². The molecule has 0 spiro atoms. The monoisotopic (exact) mass is 184 g/mol. The first-order valence-electron chi connectivity index (χ1n) is 5.00. The van der Waals surface area contributed by atoms with E-state index in [4.69, 9.17) is 0 Å². The second kappa shape index (κ2) is 7.99. The van der Waals surface area contributed by atoms with Crippen LogP contribution in [0.15, 0.2) is 12.2 Å². The van der Waals surface area contributed by atoms with Gasteiger partial charge in [-0.05, 0) is 24.8 Å². The van der Waals surface area contributed by atoms with E-state index in [1.165, 1.54) is 12.5 Å².